The van der Waals surface area contributed by atoms with Crippen LogP contribution in [0.5, 0.6) is 0 Å². The Hall–Kier alpha value is -1.45. The molecule has 20 heavy (non-hydrogen) atoms. The first-order valence-corrected chi connectivity index (χ1v) is 7.57. The maximum Gasteiger partial charge on any atom is 0.329 e. The number of nitrogens with zero attached hydrogens (tertiary/aromatic N) is 2. The molecule has 1 aliphatic heterocycles. The molecule has 1 N–H and O–H groups in total. The molecule has 0 unspecified atom stereocenters. The molecule has 9 heteroatoms. The van der Waals surface area contributed by atoms with Crippen molar-refractivity contribution in [3.63, 3.8) is 0 Å². The predicted octanol–water partition coefficient (Wildman–Crippen LogP) is -0.0117. The van der Waals surface area contributed by atoms with Crippen molar-refractivity contribution in [1.82, 2.24) is 9.46 Å². The highest BCUT2D eigenvalue weighted by Gasteiger charge is 2.46. The number of carbonyl (C=O) groups is 1. The van der Waals surface area contributed by atoms with E-state index in [0.29, 0.717) is 11.5 Å². The van der Waals surface area contributed by atoms with E-state index in [0.717, 1.165) is 0 Å². The van der Waals surface area contributed by atoms with E-state index in [1.165, 1.54) is 4.31 Å². The van der Waals surface area contributed by atoms with Crippen LogP contribution < -0.4 is 0 Å². The van der Waals surface area contributed by atoms with E-state index in [-0.39, 0.29) is 18.8 Å². The maximum absolute atomic E-state index is 12.1. The third-order valence-corrected chi connectivity index (χ3v) is 4.67. The van der Waals surface area contributed by atoms with Gasteiger partial charge in [0, 0.05) is 19.2 Å². The second-order valence-electron chi connectivity index (χ2n) is 5.09. The van der Waals surface area contributed by atoms with Crippen molar-refractivity contribution in [2.75, 3.05) is 19.7 Å². The molecule has 0 saturated carbocycles. The standard InChI is InChI=1S/C11H16N2O6S/c1-8-3-9(12-19-8)5-20(16,17)13-6-11(2,7-13)18-4-10(14)15/h3H,4-7H2,1-2H3,(H,14,15). The molecule has 1 aromatic heterocycles. The highest BCUT2D eigenvalue weighted by molar-refractivity contribution is 7.88. The van der Waals surface area contributed by atoms with Crippen molar-refractivity contribution in [1.29, 1.82) is 0 Å². The van der Waals surface area contributed by atoms with Crippen molar-refractivity contribution in [2.24, 2.45) is 0 Å². The number of carboxylic acids is 1. The fourth-order valence-corrected chi connectivity index (χ4v) is 3.62. The quantitative estimate of drug-likeness (QED) is 0.786. The zero-order valence-corrected chi connectivity index (χ0v) is 12.0. The molecule has 0 aromatic carbocycles. The van der Waals surface area contributed by atoms with Crippen LogP contribution in [0, 0.1) is 6.92 Å². The van der Waals surface area contributed by atoms with Crippen LogP contribution in [0.15, 0.2) is 10.6 Å². The van der Waals surface area contributed by atoms with Gasteiger partial charge in [0.25, 0.3) is 0 Å². The highest BCUT2D eigenvalue weighted by atomic mass is 32.2. The van der Waals surface area contributed by atoms with Gasteiger partial charge in [0.05, 0.1) is 5.60 Å². The summed E-state index contributed by atoms with van der Waals surface area (Å²) in [5.74, 6) is -0.765. The number of hydrogen-bond acceptors (Lipinski definition) is 6. The summed E-state index contributed by atoms with van der Waals surface area (Å²) in [6, 6.07) is 1.57. The summed E-state index contributed by atoms with van der Waals surface area (Å²) in [6.45, 7) is 3.21. The Labute approximate surface area is 116 Å². The van der Waals surface area contributed by atoms with Gasteiger partial charge in [-0.05, 0) is 13.8 Å². The second kappa shape index (κ2) is 5.15. The first kappa shape index (κ1) is 14.9. The number of aromatic nitrogens is 1. The van der Waals surface area contributed by atoms with E-state index >= 15 is 0 Å². The molecule has 1 aromatic rings. The molecule has 112 valence electrons. The summed E-state index contributed by atoms with van der Waals surface area (Å²) in [5, 5.41) is 12.2. The minimum atomic E-state index is -3.49. The Bertz CT molecular complexity index is 602. The molecule has 2 rings (SSSR count). The number of aliphatic carboxylic acids is 1. The predicted molar refractivity (Wildman–Crippen MR) is 67.4 cm³/mol. The van der Waals surface area contributed by atoms with Gasteiger partial charge in [0.2, 0.25) is 10.0 Å². The molecule has 1 aliphatic rings. The van der Waals surface area contributed by atoms with Gasteiger partial charge in [0.15, 0.2) is 0 Å². The molecule has 1 fully saturated rings. The van der Waals surface area contributed by atoms with Crippen LogP contribution in [0.3, 0.4) is 0 Å². The van der Waals surface area contributed by atoms with Gasteiger partial charge in [-0.3, -0.25) is 0 Å². The third kappa shape index (κ3) is 3.35. The molecular weight excluding hydrogens is 288 g/mol. The van der Waals surface area contributed by atoms with Crippen molar-refractivity contribution < 1.29 is 27.6 Å². The Kier molecular flexibility index (Phi) is 3.85. The van der Waals surface area contributed by atoms with E-state index in [1.54, 1.807) is 19.9 Å². The Morgan fingerprint density at radius 3 is 2.75 bits per heavy atom. The van der Waals surface area contributed by atoms with Gasteiger partial charge in [-0.25, -0.2) is 13.2 Å². The van der Waals surface area contributed by atoms with Gasteiger partial charge < -0.3 is 14.4 Å². The number of carboxylic acid groups (broad SMARTS) is 1. The lowest BCUT2D eigenvalue weighted by molar-refractivity contribution is -0.157. The molecule has 0 radical (unpaired) electrons. The topological polar surface area (TPSA) is 110 Å². The molecule has 0 atom stereocenters. The average molecular weight is 304 g/mol. The monoisotopic (exact) mass is 304 g/mol. The Morgan fingerprint density at radius 2 is 2.25 bits per heavy atom. The van der Waals surface area contributed by atoms with Gasteiger partial charge in [-0.2, -0.15) is 4.31 Å². The molecule has 0 amide bonds. The lowest BCUT2D eigenvalue weighted by Gasteiger charge is -2.45. The van der Waals surface area contributed by atoms with Crippen LogP contribution >= 0.6 is 0 Å². The lowest BCUT2D eigenvalue weighted by atomic mass is 10.0. The molecule has 0 spiro atoms. The zero-order chi connectivity index (χ0) is 15.0. The Balaban J connectivity index is 1.92. The van der Waals surface area contributed by atoms with Crippen LogP contribution in [0.1, 0.15) is 18.4 Å². The van der Waals surface area contributed by atoms with E-state index < -0.39 is 28.2 Å². The van der Waals surface area contributed by atoms with E-state index in [2.05, 4.69) is 5.16 Å². The normalized spacial score (nSPS) is 18.7. The summed E-state index contributed by atoms with van der Waals surface area (Å²) in [7, 11) is -3.49. The van der Waals surface area contributed by atoms with E-state index in [4.69, 9.17) is 14.4 Å². The summed E-state index contributed by atoms with van der Waals surface area (Å²) >= 11 is 0. The fraction of sp³-hybridized carbons (Fsp3) is 0.636. The van der Waals surface area contributed by atoms with E-state index in [1.807, 2.05) is 0 Å². The number of rotatable bonds is 6. The van der Waals surface area contributed by atoms with Crippen LogP contribution in [0.2, 0.25) is 0 Å². The van der Waals surface area contributed by atoms with Crippen molar-refractivity contribution in [3.05, 3.63) is 17.5 Å². The van der Waals surface area contributed by atoms with E-state index in [9.17, 15) is 13.2 Å². The van der Waals surface area contributed by atoms with Gasteiger partial charge in [0.1, 0.15) is 23.8 Å². The Morgan fingerprint density at radius 1 is 1.60 bits per heavy atom. The first-order chi connectivity index (χ1) is 9.20. The summed E-state index contributed by atoms with van der Waals surface area (Å²) < 4.78 is 35.4. The highest BCUT2D eigenvalue weighted by Crippen LogP contribution is 2.28. The molecule has 2 heterocycles. The van der Waals surface area contributed by atoms with Gasteiger partial charge in [-0.15, -0.1) is 0 Å². The van der Waals surface area contributed by atoms with Crippen molar-refractivity contribution in [2.45, 2.75) is 25.2 Å². The fourth-order valence-electron chi connectivity index (χ4n) is 1.99. The minimum absolute atomic E-state index is 0.138. The largest absolute Gasteiger partial charge is 0.480 e. The number of sulfonamides is 1. The smallest absolute Gasteiger partial charge is 0.329 e. The van der Waals surface area contributed by atoms with Crippen LogP contribution in [0.25, 0.3) is 0 Å². The zero-order valence-electron chi connectivity index (χ0n) is 11.2. The summed E-state index contributed by atoms with van der Waals surface area (Å²) in [5.41, 5.74) is -0.395. The molecule has 0 aliphatic carbocycles. The number of aryl methyl sites for hydroxylation is 1. The maximum atomic E-state index is 12.1. The SMILES string of the molecule is Cc1cc(CS(=O)(=O)N2CC(C)(OCC(=O)O)C2)no1. The van der Waals surface area contributed by atoms with Crippen LogP contribution in [0.4, 0.5) is 0 Å². The van der Waals surface area contributed by atoms with Crippen molar-refractivity contribution >= 4 is 16.0 Å². The summed E-state index contributed by atoms with van der Waals surface area (Å²) in [6.07, 6.45) is 0. The number of ether oxygens (including phenoxy) is 1. The number of hydrogen-bond donors (Lipinski definition) is 1. The van der Waals surface area contributed by atoms with Crippen LogP contribution in [-0.4, -0.2) is 54.3 Å². The van der Waals surface area contributed by atoms with Crippen molar-refractivity contribution in [3.8, 4) is 0 Å². The average Bonchev–Trinajstić information content (AvgIpc) is 2.67. The third-order valence-electron chi connectivity index (χ3n) is 2.97. The molecule has 0 bridgehead atoms. The molecule has 8 nitrogen and oxygen atoms in total. The summed E-state index contributed by atoms with van der Waals surface area (Å²) in [4.78, 5) is 10.4. The van der Waals surface area contributed by atoms with Gasteiger partial charge in [-0.1, -0.05) is 5.16 Å². The second-order valence-corrected chi connectivity index (χ2v) is 7.05. The molecular formula is C11H16N2O6S. The van der Waals surface area contributed by atoms with Gasteiger partial charge >= 0.3 is 5.97 Å². The molecule has 1 saturated heterocycles. The van der Waals surface area contributed by atoms with Crippen LogP contribution in [-0.2, 0) is 25.3 Å². The minimum Gasteiger partial charge on any atom is -0.480 e. The first-order valence-electron chi connectivity index (χ1n) is 5.96. The lowest BCUT2D eigenvalue weighted by Crippen LogP contribution is -2.63.